The lowest BCUT2D eigenvalue weighted by Crippen LogP contribution is -2.44. The second-order valence-corrected chi connectivity index (χ2v) is 7.11. The predicted molar refractivity (Wildman–Crippen MR) is 104 cm³/mol. The molecular formula is C21H23N3O4. The van der Waals surface area contributed by atoms with Crippen LogP contribution < -0.4 is 10.6 Å². The second kappa shape index (κ2) is 8.65. The van der Waals surface area contributed by atoms with Gasteiger partial charge < -0.3 is 15.7 Å². The van der Waals surface area contributed by atoms with E-state index in [4.69, 9.17) is 0 Å². The van der Waals surface area contributed by atoms with Gasteiger partial charge in [-0.05, 0) is 43.2 Å². The highest BCUT2D eigenvalue weighted by Crippen LogP contribution is 2.36. The summed E-state index contributed by atoms with van der Waals surface area (Å²) >= 11 is 0. The SMILES string of the molecule is O=C(NCC1(C(=O)O)CCCCC1)c1cccc(NC(=O)c2cccnc2)c1. The number of carbonyl (C=O) groups excluding carboxylic acids is 2. The van der Waals surface area contributed by atoms with Crippen molar-refractivity contribution in [2.45, 2.75) is 32.1 Å². The first-order valence-corrected chi connectivity index (χ1v) is 9.33. The van der Waals surface area contributed by atoms with E-state index in [2.05, 4.69) is 15.6 Å². The monoisotopic (exact) mass is 381 g/mol. The van der Waals surface area contributed by atoms with Crippen LogP contribution in [-0.4, -0.2) is 34.4 Å². The number of nitrogens with one attached hydrogen (secondary N) is 2. The number of hydrogen-bond donors (Lipinski definition) is 3. The number of pyridine rings is 1. The van der Waals surface area contributed by atoms with Crippen LogP contribution in [-0.2, 0) is 4.79 Å². The quantitative estimate of drug-likeness (QED) is 0.712. The van der Waals surface area contributed by atoms with Crippen molar-refractivity contribution in [2.75, 3.05) is 11.9 Å². The molecule has 0 saturated heterocycles. The van der Waals surface area contributed by atoms with Crippen LogP contribution in [0.15, 0.2) is 48.8 Å². The van der Waals surface area contributed by atoms with Gasteiger partial charge in [-0.2, -0.15) is 0 Å². The number of carboxylic acid groups (broad SMARTS) is 1. The first-order chi connectivity index (χ1) is 13.5. The largest absolute Gasteiger partial charge is 0.481 e. The van der Waals surface area contributed by atoms with E-state index in [1.165, 1.54) is 6.20 Å². The van der Waals surface area contributed by atoms with Crippen molar-refractivity contribution in [1.29, 1.82) is 0 Å². The molecule has 2 aromatic rings. The van der Waals surface area contributed by atoms with Gasteiger partial charge >= 0.3 is 5.97 Å². The maximum Gasteiger partial charge on any atom is 0.311 e. The van der Waals surface area contributed by atoms with Crippen molar-refractivity contribution in [3.05, 3.63) is 59.9 Å². The van der Waals surface area contributed by atoms with Crippen LogP contribution in [0.2, 0.25) is 0 Å². The molecule has 7 nitrogen and oxygen atoms in total. The van der Waals surface area contributed by atoms with E-state index >= 15 is 0 Å². The van der Waals surface area contributed by atoms with Crippen molar-refractivity contribution in [3.8, 4) is 0 Å². The summed E-state index contributed by atoms with van der Waals surface area (Å²) in [6.45, 7) is 0.105. The lowest BCUT2D eigenvalue weighted by Gasteiger charge is -2.33. The molecule has 0 radical (unpaired) electrons. The van der Waals surface area contributed by atoms with Crippen LogP contribution in [0.5, 0.6) is 0 Å². The van der Waals surface area contributed by atoms with Gasteiger partial charge in [0.2, 0.25) is 0 Å². The molecule has 1 aromatic carbocycles. The number of carboxylic acids is 1. The van der Waals surface area contributed by atoms with Crippen LogP contribution >= 0.6 is 0 Å². The number of carbonyl (C=O) groups is 3. The highest BCUT2D eigenvalue weighted by Gasteiger charge is 2.39. The Morgan fingerprint density at radius 3 is 2.43 bits per heavy atom. The van der Waals surface area contributed by atoms with Gasteiger partial charge in [-0.3, -0.25) is 19.4 Å². The Hall–Kier alpha value is -3.22. The van der Waals surface area contributed by atoms with Crippen LogP contribution in [0, 0.1) is 5.41 Å². The van der Waals surface area contributed by atoms with Gasteiger partial charge in [-0.1, -0.05) is 25.3 Å². The molecule has 2 amide bonds. The van der Waals surface area contributed by atoms with Gasteiger partial charge in [0, 0.05) is 30.2 Å². The minimum Gasteiger partial charge on any atom is -0.481 e. The Bertz CT molecular complexity index is 861. The van der Waals surface area contributed by atoms with Crippen molar-refractivity contribution in [3.63, 3.8) is 0 Å². The molecule has 1 aliphatic carbocycles. The molecule has 0 unspecified atom stereocenters. The summed E-state index contributed by atoms with van der Waals surface area (Å²) in [6.07, 6.45) is 6.94. The first-order valence-electron chi connectivity index (χ1n) is 9.33. The summed E-state index contributed by atoms with van der Waals surface area (Å²) in [5, 5.41) is 15.1. The molecule has 0 atom stereocenters. The number of amides is 2. The van der Waals surface area contributed by atoms with E-state index in [9.17, 15) is 19.5 Å². The zero-order valence-corrected chi connectivity index (χ0v) is 15.5. The molecule has 1 heterocycles. The molecule has 0 bridgehead atoms. The van der Waals surface area contributed by atoms with Crippen LogP contribution in [0.3, 0.4) is 0 Å². The summed E-state index contributed by atoms with van der Waals surface area (Å²) in [7, 11) is 0. The third-order valence-corrected chi connectivity index (χ3v) is 5.16. The first kappa shape index (κ1) is 19.5. The minimum absolute atomic E-state index is 0.105. The molecule has 3 rings (SSSR count). The van der Waals surface area contributed by atoms with E-state index in [1.807, 2.05) is 0 Å². The standard InChI is InChI=1S/C21H23N3O4/c25-18(23-14-21(20(27)28)9-2-1-3-10-21)15-6-4-8-17(12-15)24-19(26)16-7-5-11-22-13-16/h4-8,11-13H,1-3,9-10,14H2,(H,23,25)(H,24,26)(H,27,28). The van der Waals surface area contributed by atoms with Crippen LogP contribution in [0.1, 0.15) is 52.8 Å². The van der Waals surface area contributed by atoms with Crippen molar-refractivity contribution in [2.24, 2.45) is 5.41 Å². The Kier molecular flexibility index (Phi) is 6.03. The zero-order chi connectivity index (χ0) is 20.0. The second-order valence-electron chi connectivity index (χ2n) is 7.11. The third-order valence-electron chi connectivity index (χ3n) is 5.16. The van der Waals surface area contributed by atoms with E-state index in [-0.39, 0.29) is 18.4 Å². The Labute approximate surface area is 163 Å². The van der Waals surface area contributed by atoms with Crippen molar-refractivity contribution < 1.29 is 19.5 Å². The predicted octanol–water partition coefficient (Wildman–Crippen LogP) is 3.10. The molecule has 146 valence electrons. The van der Waals surface area contributed by atoms with Gasteiger partial charge in [0.05, 0.1) is 11.0 Å². The molecule has 7 heteroatoms. The van der Waals surface area contributed by atoms with Gasteiger partial charge in [0.25, 0.3) is 11.8 Å². The molecule has 1 aliphatic rings. The summed E-state index contributed by atoms with van der Waals surface area (Å²) in [5.41, 5.74) is 0.366. The lowest BCUT2D eigenvalue weighted by atomic mass is 9.74. The summed E-state index contributed by atoms with van der Waals surface area (Å²) < 4.78 is 0. The maximum atomic E-state index is 12.5. The maximum absolute atomic E-state index is 12.5. The number of anilines is 1. The van der Waals surface area contributed by atoms with E-state index in [0.29, 0.717) is 29.7 Å². The number of rotatable bonds is 6. The lowest BCUT2D eigenvalue weighted by molar-refractivity contribution is -0.150. The summed E-state index contributed by atoms with van der Waals surface area (Å²) in [6, 6.07) is 9.87. The van der Waals surface area contributed by atoms with Gasteiger partial charge in [-0.15, -0.1) is 0 Å². The summed E-state index contributed by atoms with van der Waals surface area (Å²) in [4.78, 5) is 40.4. The molecule has 3 N–H and O–H groups in total. The number of nitrogens with zero attached hydrogens (tertiary/aromatic N) is 1. The molecule has 1 saturated carbocycles. The fraction of sp³-hybridized carbons (Fsp3) is 0.333. The highest BCUT2D eigenvalue weighted by molar-refractivity contribution is 6.05. The normalized spacial score (nSPS) is 15.4. The van der Waals surface area contributed by atoms with Crippen LogP contribution in [0.4, 0.5) is 5.69 Å². The van der Waals surface area contributed by atoms with Gasteiger partial charge in [0.1, 0.15) is 0 Å². The Morgan fingerprint density at radius 2 is 1.75 bits per heavy atom. The van der Waals surface area contributed by atoms with E-state index < -0.39 is 11.4 Å². The smallest absolute Gasteiger partial charge is 0.311 e. The average molecular weight is 381 g/mol. The molecule has 1 aromatic heterocycles. The molecule has 1 fully saturated rings. The molecule has 28 heavy (non-hydrogen) atoms. The number of hydrogen-bond acceptors (Lipinski definition) is 4. The highest BCUT2D eigenvalue weighted by atomic mass is 16.4. The van der Waals surface area contributed by atoms with E-state index in [0.717, 1.165) is 19.3 Å². The topological polar surface area (TPSA) is 108 Å². The molecular weight excluding hydrogens is 358 g/mol. The van der Waals surface area contributed by atoms with Crippen molar-refractivity contribution >= 4 is 23.5 Å². The number of aliphatic carboxylic acids is 1. The van der Waals surface area contributed by atoms with Crippen LogP contribution in [0.25, 0.3) is 0 Å². The zero-order valence-electron chi connectivity index (χ0n) is 15.5. The summed E-state index contributed by atoms with van der Waals surface area (Å²) in [5.74, 6) is -1.54. The Morgan fingerprint density at radius 1 is 1.00 bits per heavy atom. The number of aromatic nitrogens is 1. The van der Waals surface area contributed by atoms with Gasteiger partial charge in [0.15, 0.2) is 0 Å². The fourth-order valence-corrected chi connectivity index (χ4v) is 3.48. The molecule has 0 spiro atoms. The fourth-order valence-electron chi connectivity index (χ4n) is 3.48. The van der Waals surface area contributed by atoms with Crippen molar-refractivity contribution in [1.82, 2.24) is 10.3 Å². The third kappa shape index (κ3) is 4.54. The Balaban J connectivity index is 1.65. The number of benzene rings is 1. The minimum atomic E-state index is -0.889. The van der Waals surface area contributed by atoms with E-state index in [1.54, 1.807) is 42.6 Å². The molecule has 0 aliphatic heterocycles. The average Bonchev–Trinajstić information content (AvgIpc) is 2.73. The van der Waals surface area contributed by atoms with Gasteiger partial charge in [-0.25, -0.2) is 0 Å².